The Morgan fingerprint density at radius 2 is 1.63 bits per heavy atom. The van der Waals surface area contributed by atoms with E-state index in [2.05, 4.69) is 52.5 Å². The van der Waals surface area contributed by atoms with Crippen molar-refractivity contribution in [2.75, 3.05) is 10.0 Å². The average molecular weight is 420 g/mol. The van der Waals surface area contributed by atoms with Gasteiger partial charge in [-0.1, -0.05) is 36.4 Å². The third-order valence-corrected chi connectivity index (χ3v) is 6.12. The summed E-state index contributed by atoms with van der Waals surface area (Å²) in [6, 6.07) is 20.1. The quantitative estimate of drug-likeness (QED) is 0.412. The number of phenols is 1. The molecule has 1 aliphatic rings. The number of carbonyl (C=O) groups excluding carboxylic acids is 1. The second kappa shape index (κ2) is 9.13. The molecule has 0 aromatic heterocycles. The summed E-state index contributed by atoms with van der Waals surface area (Å²) in [5, 5.41) is 13.7. The van der Waals surface area contributed by atoms with Crippen LogP contribution in [0.3, 0.4) is 0 Å². The predicted molar refractivity (Wildman–Crippen MR) is 123 cm³/mol. The Bertz CT molecular complexity index is 1070. The number of hydrogen-bond acceptors (Lipinski definition) is 5. The molecule has 1 heterocycles. The summed E-state index contributed by atoms with van der Waals surface area (Å²) in [4.78, 5) is 12.5. The van der Waals surface area contributed by atoms with Crippen LogP contribution in [0.5, 0.6) is 5.75 Å². The Hall–Kier alpha value is -3.12. The van der Waals surface area contributed by atoms with Crippen molar-refractivity contribution in [1.82, 2.24) is 0 Å². The molecule has 154 valence electrons. The number of aromatic hydroxyl groups is 1. The summed E-state index contributed by atoms with van der Waals surface area (Å²) in [6.45, 7) is 0.617. The number of nitrogens with two attached hydrogens (primary N) is 1. The van der Waals surface area contributed by atoms with Crippen molar-refractivity contribution < 1.29 is 9.90 Å². The minimum Gasteiger partial charge on any atom is -0.507 e. The number of nitrogens with one attached hydrogen (secondary N) is 2. The molecule has 0 saturated carbocycles. The first-order valence-corrected chi connectivity index (χ1v) is 10.9. The fourth-order valence-electron chi connectivity index (χ4n) is 3.64. The maximum Gasteiger partial charge on any atom is 0.252 e. The van der Waals surface area contributed by atoms with Crippen molar-refractivity contribution in [2.24, 2.45) is 5.73 Å². The first-order chi connectivity index (χ1) is 14.6. The van der Waals surface area contributed by atoms with Crippen LogP contribution in [-0.4, -0.2) is 11.0 Å². The van der Waals surface area contributed by atoms with E-state index in [1.54, 1.807) is 12.1 Å². The zero-order chi connectivity index (χ0) is 20.9. The van der Waals surface area contributed by atoms with Crippen LogP contribution in [0.2, 0.25) is 0 Å². The van der Waals surface area contributed by atoms with Gasteiger partial charge >= 0.3 is 0 Å². The molecule has 5 nitrogen and oxygen atoms in total. The zero-order valence-corrected chi connectivity index (χ0v) is 17.5. The highest BCUT2D eigenvalue weighted by atomic mass is 32.2. The largest absolute Gasteiger partial charge is 0.507 e. The number of fused-ring (bicyclic) bond motifs is 5. The smallest absolute Gasteiger partial charge is 0.252 e. The molecule has 0 atom stereocenters. The molecule has 4 rings (SSSR count). The lowest BCUT2D eigenvalue weighted by atomic mass is 10.0. The topological polar surface area (TPSA) is 87.4 Å². The molecule has 0 spiro atoms. The van der Waals surface area contributed by atoms with Gasteiger partial charge in [-0.05, 0) is 72.5 Å². The molecule has 5 N–H and O–H groups in total. The van der Waals surface area contributed by atoms with Crippen LogP contribution in [0.1, 0.15) is 39.9 Å². The summed E-state index contributed by atoms with van der Waals surface area (Å²) < 4.78 is 3.36. The van der Waals surface area contributed by atoms with Crippen molar-refractivity contribution in [2.45, 2.75) is 37.1 Å². The van der Waals surface area contributed by atoms with Crippen LogP contribution in [0.4, 0.5) is 11.4 Å². The number of aryl methyl sites for hydroxylation is 2. The molecule has 0 fully saturated rings. The summed E-state index contributed by atoms with van der Waals surface area (Å²) >= 11 is 1.39. The maximum absolute atomic E-state index is 11.7. The first kappa shape index (κ1) is 20.2. The SMILES string of the molecule is NC(=O)c1cc2c(cc1O)NCc1cccc(c1)CCCCc1cccc(c1)NS2. The molecule has 0 unspecified atom stereocenters. The number of rotatable bonds is 1. The van der Waals surface area contributed by atoms with Crippen molar-refractivity contribution >= 4 is 29.2 Å². The number of carbonyl (C=O) groups is 1. The molecule has 4 bridgehead atoms. The van der Waals surface area contributed by atoms with Crippen LogP contribution < -0.4 is 15.8 Å². The number of hydrogen-bond donors (Lipinski definition) is 4. The predicted octanol–water partition coefficient (Wildman–Crippen LogP) is 5.10. The van der Waals surface area contributed by atoms with Crippen LogP contribution in [0, 0.1) is 0 Å². The molecule has 3 aromatic rings. The molecular weight excluding hydrogens is 394 g/mol. The fraction of sp³-hybridized carbons (Fsp3) is 0.208. The number of anilines is 2. The van der Waals surface area contributed by atoms with Crippen molar-refractivity contribution in [1.29, 1.82) is 0 Å². The molecule has 0 aliphatic carbocycles. The minimum atomic E-state index is -0.655. The summed E-state index contributed by atoms with van der Waals surface area (Å²) in [5.74, 6) is -0.780. The molecule has 3 aromatic carbocycles. The van der Waals surface area contributed by atoms with Gasteiger partial charge in [0.1, 0.15) is 5.75 Å². The Kier molecular flexibility index (Phi) is 6.14. The van der Waals surface area contributed by atoms with E-state index in [-0.39, 0.29) is 11.3 Å². The number of primary amides is 1. The van der Waals surface area contributed by atoms with Gasteiger partial charge in [-0.3, -0.25) is 4.79 Å². The van der Waals surface area contributed by atoms with Crippen molar-refractivity contribution in [3.05, 3.63) is 82.9 Å². The van der Waals surface area contributed by atoms with Gasteiger partial charge in [0.15, 0.2) is 0 Å². The van der Waals surface area contributed by atoms with Gasteiger partial charge in [0.2, 0.25) is 0 Å². The van der Waals surface area contributed by atoms with E-state index in [1.807, 2.05) is 6.07 Å². The molecular formula is C24H25N3O2S. The van der Waals surface area contributed by atoms with Gasteiger partial charge in [-0.2, -0.15) is 0 Å². The molecule has 0 radical (unpaired) electrons. The van der Waals surface area contributed by atoms with Gasteiger partial charge in [0.25, 0.3) is 5.91 Å². The maximum atomic E-state index is 11.7. The van der Waals surface area contributed by atoms with E-state index in [1.165, 1.54) is 28.6 Å². The third-order valence-electron chi connectivity index (χ3n) is 5.22. The van der Waals surface area contributed by atoms with Gasteiger partial charge in [0.05, 0.1) is 16.1 Å². The first-order valence-electron chi connectivity index (χ1n) is 10.1. The zero-order valence-electron chi connectivity index (χ0n) is 16.7. The second-order valence-electron chi connectivity index (χ2n) is 7.51. The highest BCUT2D eigenvalue weighted by molar-refractivity contribution is 8.00. The van der Waals surface area contributed by atoms with E-state index in [0.29, 0.717) is 6.54 Å². The van der Waals surface area contributed by atoms with Gasteiger partial charge in [-0.25, -0.2) is 0 Å². The molecule has 6 heteroatoms. The van der Waals surface area contributed by atoms with Crippen LogP contribution >= 0.6 is 11.9 Å². The van der Waals surface area contributed by atoms with Crippen LogP contribution in [0.15, 0.2) is 65.6 Å². The second-order valence-corrected chi connectivity index (χ2v) is 8.36. The highest BCUT2D eigenvalue weighted by Crippen LogP contribution is 2.34. The Morgan fingerprint density at radius 3 is 2.40 bits per heavy atom. The van der Waals surface area contributed by atoms with Crippen molar-refractivity contribution in [3.8, 4) is 5.75 Å². The van der Waals surface area contributed by atoms with E-state index in [9.17, 15) is 9.90 Å². The fourth-order valence-corrected chi connectivity index (χ4v) is 4.42. The highest BCUT2D eigenvalue weighted by Gasteiger charge is 2.14. The van der Waals surface area contributed by atoms with E-state index in [4.69, 9.17) is 5.73 Å². The number of benzene rings is 3. The van der Waals surface area contributed by atoms with Gasteiger partial charge < -0.3 is 20.9 Å². The normalized spacial score (nSPS) is 14.1. The molecule has 30 heavy (non-hydrogen) atoms. The summed E-state index contributed by atoms with van der Waals surface area (Å²) in [5.41, 5.74) is 11.1. The third kappa shape index (κ3) is 4.89. The Balaban J connectivity index is 1.70. The standard InChI is InChI=1S/C24H25N3O2S/c25-24(29)20-13-23-21(14-22(20)28)26-15-18-9-3-7-16(11-18)5-1-2-6-17-8-4-10-19(12-17)27-30-23/h3-4,7-14,26-28H,1-2,5-6,15H2,(H2,25,29). The van der Waals surface area contributed by atoms with Gasteiger partial charge in [0, 0.05) is 18.3 Å². The monoisotopic (exact) mass is 419 g/mol. The Morgan fingerprint density at radius 1 is 0.933 bits per heavy atom. The van der Waals surface area contributed by atoms with E-state index in [0.717, 1.165) is 42.0 Å². The molecule has 1 aliphatic heterocycles. The van der Waals surface area contributed by atoms with E-state index < -0.39 is 5.91 Å². The average Bonchev–Trinajstić information content (AvgIpc) is 2.74. The Labute approximate surface area is 180 Å². The lowest BCUT2D eigenvalue weighted by Gasteiger charge is -2.16. The molecule has 0 saturated heterocycles. The molecule has 1 amide bonds. The lowest BCUT2D eigenvalue weighted by Crippen LogP contribution is -2.12. The minimum absolute atomic E-state index is 0.106. The summed E-state index contributed by atoms with van der Waals surface area (Å²) in [6.07, 6.45) is 4.39. The van der Waals surface area contributed by atoms with Crippen LogP contribution in [0.25, 0.3) is 0 Å². The van der Waals surface area contributed by atoms with Crippen molar-refractivity contribution in [3.63, 3.8) is 0 Å². The van der Waals surface area contributed by atoms with Gasteiger partial charge in [-0.15, -0.1) is 0 Å². The van der Waals surface area contributed by atoms with E-state index >= 15 is 0 Å². The number of amides is 1. The van der Waals surface area contributed by atoms with Crippen LogP contribution in [-0.2, 0) is 19.4 Å². The lowest BCUT2D eigenvalue weighted by molar-refractivity contribution is 0.0997. The summed E-state index contributed by atoms with van der Waals surface area (Å²) in [7, 11) is 0.